The molecule has 2 N–H and O–H groups in total. The maximum absolute atomic E-state index is 12.9. The number of amides is 1. The minimum Gasteiger partial charge on any atom is -0.392 e. The SMILES string of the molecule is CCC1CCCCN1C(=O)C(CC)(CC)C(N)=S. The van der Waals surface area contributed by atoms with Crippen molar-refractivity contribution in [3.63, 3.8) is 0 Å². The highest BCUT2D eigenvalue weighted by Crippen LogP contribution is 2.33. The molecule has 4 heteroatoms. The van der Waals surface area contributed by atoms with E-state index >= 15 is 0 Å². The van der Waals surface area contributed by atoms with Crippen LogP contribution in [0.2, 0.25) is 0 Å². The number of nitrogens with zero attached hydrogens (tertiary/aromatic N) is 1. The number of carbonyl (C=O) groups excluding carboxylic acids is 1. The van der Waals surface area contributed by atoms with Crippen molar-refractivity contribution < 1.29 is 4.79 Å². The van der Waals surface area contributed by atoms with Gasteiger partial charge >= 0.3 is 0 Å². The molecule has 0 aromatic rings. The Bertz CT molecular complexity index is 313. The molecule has 1 aliphatic heterocycles. The molecule has 1 unspecified atom stereocenters. The molecule has 3 nitrogen and oxygen atoms in total. The molecule has 1 fully saturated rings. The molecule has 18 heavy (non-hydrogen) atoms. The first-order valence-corrected chi connectivity index (χ1v) is 7.55. The molecule has 1 rings (SSSR count). The van der Waals surface area contributed by atoms with Crippen LogP contribution in [0, 0.1) is 5.41 Å². The summed E-state index contributed by atoms with van der Waals surface area (Å²) < 4.78 is 0. The minimum absolute atomic E-state index is 0.159. The van der Waals surface area contributed by atoms with Crippen molar-refractivity contribution >= 4 is 23.1 Å². The molecule has 0 aromatic carbocycles. The lowest BCUT2D eigenvalue weighted by atomic mass is 9.79. The van der Waals surface area contributed by atoms with Crippen LogP contribution in [0.25, 0.3) is 0 Å². The predicted octanol–water partition coefficient (Wildman–Crippen LogP) is 2.87. The average molecular weight is 270 g/mol. The van der Waals surface area contributed by atoms with Gasteiger partial charge in [0.1, 0.15) is 0 Å². The van der Waals surface area contributed by atoms with Crippen molar-refractivity contribution in [1.82, 2.24) is 4.90 Å². The molecular formula is C14H26N2OS. The molecule has 0 spiro atoms. The fourth-order valence-corrected chi connectivity index (χ4v) is 3.35. The average Bonchev–Trinajstić information content (AvgIpc) is 2.40. The number of carbonyl (C=O) groups is 1. The molecule has 0 aliphatic carbocycles. The van der Waals surface area contributed by atoms with Gasteiger partial charge in [-0.3, -0.25) is 4.79 Å². The van der Waals surface area contributed by atoms with Gasteiger partial charge in [-0.1, -0.05) is 33.0 Å². The summed E-state index contributed by atoms with van der Waals surface area (Å²) >= 11 is 5.18. The van der Waals surface area contributed by atoms with Crippen LogP contribution in [-0.2, 0) is 4.79 Å². The van der Waals surface area contributed by atoms with E-state index in [0.717, 1.165) is 25.8 Å². The summed E-state index contributed by atoms with van der Waals surface area (Å²) in [6.07, 6.45) is 5.86. The first kappa shape index (κ1) is 15.4. The second-order valence-electron chi connectivity index (χ2n) is 5.21. The molecule has 1 aliphatic rings. The van der Waals surface area contributed by atoms with Crippen LogP contribution in [0.15, 0.2) is 0 Å². The summed E-state index contributed by atoms with van der Waals surface area (Å²) in [6, 6.07) is 0.373. The van der Waals surface area contributed by atoms with Crippen molar-refractivity contribution in [3.05, 3.63) is 0 Å². The van der Waals surface area contributed by atoms with Gasteiger partial charge in [-0.15, -0.1) is 0 Å². The van der Waals surface area contributed by atoms with Gasteiger partial charge in [-0.2, -0.15) is 0 Å². The van der Waals surface area contributed by atoms with Crippen LogP contribution in [0.1, 0.15) is 59.3 Å². The largest absolute Gasteiger partial charge is 0.392 e. The zero-order valence-corrected chi connectivity index (χ0v) is 12.7. The Balaban J connectivity index is 2.98. The van der Waals surface area contributed by atoms with Crippen molar-refractivity contribution in [3.8, 4) is 0 Å². The van der Waals surface area contributed by atoms with Gasteiger partial charge in [0.25, 0.3) is 0 Å². The molecule has 0 bridgehead atoms. The Morgan fingerprint density at radius 2 is 1.94 bits per heavy atom. The lowest BCUT2D eigenvalue weighted by molar-refractivity contribution is -0.142. The van der Waals surface area contributed by atoms with Crippen LogP contribution in [0.5, 0.6) is 0 Å². The zero-order valence-electron chi connectivity index (χ0n) is 11.9. The third-order valence-electron chi connectivity index (χ3n) is 4.45. The smallest absolute Gasteiger partial charge is 0.235 e. The first-order chi connectivity index (χ1) is 8.53. The van der Waals surface area contributed by atoms with Crippen molar-refractivity contribution in [2.24, 2.45) is 11.1 Å². The Kier molecular flexibility index (Phi) is 5.57. The van der Waals surface area contributed by atoms with Crippen LogP contribution >= 0.6 is 12.2 Å². The van der Waals surface area contributed by atoms with Crippen molar-refractivity contribution in [2.75, 3.05) is 6.54 Å². The van der Waals surface area contributed by atoms with Crippen molar-refractivity contribution in [1.29, 1.82) is 0 Å². The number of thiocarbonyl (C=S) groups is 1. The molecule has 1 amide bonds. The highest BCUT2D eigenvalue weighted by Gasteiger charge is 2.42. The Hall–Kier alpha value is -0.640. The third kappa shape index (κ3) is 2.68. The number of hydrogen-bond donors (Lipinski definition) is 1. The zero-order chi connectivity index (χ0) is 13.8. The maximum atomic E-state index is 12.9. The van der Waals surface area contributed by atoms with Gasteiger partial charge in [0.2, 0.25) is 5.91 Å². The minimum atomic E-state index is -0.625. The lowest BCUT2D eigenvalue weighted by Gasteiger charge is -2.41. The van der Waals surface area contributed by atoms with Gasteiger partial charge in [-0.05, 0) is 38.5 Å². The van der Waals surface area contributed by atoms with Gasteiger partial charge in [0.15, 0.2) is 0 Å². The molecule has 1 atom stereocenters. The number of likely N-dealkylation sites (tertiary alicyclic amines) is 1. The second kappa shape index (κ2) is 6.50. The molecule has 0 aromatic heterocycles. The van der Waals surface area contributed by atoms with E-state index < -0.39 is 5.41 Å². The van der Waals surface area contributed by atoms with E-state index in [1.807, 2.05) is 18.7 Å². The van der Waals surface area contributed by atoms with Gasteiger partial charge in [0.05, 0.1) is 10.4 Å². The quantitative estimate of drug-likeness (QED) is 0.781. The molecular weight excluding hydrogens is 244 g/mol. The number of nitrogens with two attached hydrogens (primary N) is 1. The van der Waals surface area contributed by atoms with Crippen LogP contribution in [0.3, 0.4) is 0 Å². The normalized spacial score (nSPS) is 20.8. The summed E-state index contributed by atoms with van der Waals surface area (Å²) in [6.45, 7) is 7.02. The van der Waals surface area contributed by atoms with Crippen molar-refractivity contribution in [2.45, 2.75) is 65.3 Å². The van der Waals surface area contributed by atoms with Crippen LogP contribution < -0.4 is 5.73 Å². The summed E-state index contributed by atoms with van der Waals surface area (Å²) in [7, 11) is 0. The molecule has 1 heterocycles. The second-order valence-corrected chi connectivity index (χ2v) is 5.65. The maximum Gasteiger partial charge on any atom is 0.235 e. The van der Waals surface area contributed by atoms with E-state index in [2.05, 4.69) is 6.92 Å². The molecule has 104 valence electrons. The van der Waals surface area contributed by atoms with Crippen LogP contribution in [-0.4, -0.2) is 28.4 Å². The van der Waals surface area contributed by atoms with E-state index in [1.165, 1.54) is 6.42 Å². The summed E-state index contributed by atoms with van der Waals surface area (Å²) in [5.74, 6) is 0.159. The molecule has 1 saturated heterocycles. The van der Waals surface area contributed by atoms with Gasteiger partial charge in [0, 0.05) is 12.6 Å². The van der Waals surface area contributed by atoms with E-state index in [4.69, 9.17) is 18.0 Å². The molecule has 0 saturated carbocycles. The highest BCUT2D eigenvalue weighted by atomic mass is 32.1. The summed E-state index contributed by atoms with van der Waals surface area (Å²) in [5, 5.41) is 0. The third-order valence-corrected chi connectivity index (χ3v) is 4.84. The Labute approximate surface area is 116 Å². The standard InChI is InChI=1S/C14H26N2OS/c1-4-11-9-7-8-10-16(11)13(17)14(5-2,6-3)12(15)18/h11H,4-10H2,1-3H3,(H2,15,18). The Morgan fingerprint density at radius 3 is 2.39 bits per heavy atom. The monoisotopic (exact) mass is 270 g/mol. The first-order valence-electron chi connectivity index (χ1n) is 7.14. The number of piperidine rings is 1. The summed E-state index contributed by atoms with van der Waals surface area (Å²) in [4.78, 5) is 15.2. The molecule has 0 radical (unpaired) electrons. The topological polar surface area (TPSA) is 46.3 Å². The highest BCUT2D eigenvalue weighted by molar-refractivity contribution is 7.80. The van der Waals surface area contributed by atoms with E-state index in [9.17, 15) is 4.79 Å². The fraction of sp³-hybridized carbons (Fsp3) is 0.857. The number of hydrogen-bond acceptors (Lipinski definition) is 2. The summed E-state index contributed by atoms with van der Waals surface area (Å²) in [5.41, 5.74) is 5.25. The van der Waals surface area contributed by atoms with Gasteiger partial charge in [-0.25, -0.2) is 0 Å². The van der Waals surface area contributed by atoms with Crippen LogP contribution in [0.4, 0.5) is 0 Å². The van der Waals surface area contributed by atoms with E-state index in [1.54, 1.807) is 0 Å². The fourth-order valence-electron chi connectivity index (χ4n) is 2.97. The predicted molar refractivity (Wildman–Crippen MR) is 79.4 cm³/mol. The Morgan fingerprint density at radius 1 is 1.33 bits per heavy atom. The van der Waals surface area contributed by atoms with Gasteiger partial charge < -0.3 is 10.6 Å². The van der Waals surface area contributed by atoms with E-state index in [-0.39, 0.29) is 5.91 Å². The van der Waals surface area contributed by atoms with E-state index in [0.29, 0.717) is 23.9 Å². The number of rotatable bonds is 5. The lowest BCUT2D eigenvalue weighted by Crippen LogP contribution is -2.54.